The van der Waals surface area contributed by atoms with Crippen LogP contribution in [0.25, 0.3) is 11.1 Å². The van der Waals surface area contributed by atoms with Crippen molar-refractivity contribution >= 4 is 11.6 Å². The Balaban J connectivity index is 2.64. The van der Waals surface area contributed by atoms with E-state index >= 15 is 0 Å². The van der Waals surface area contributed by atoms with Gasteiger partial charge in [-0.1, -0.05) is 50.6 Å². The zero-order valence-electron chi connectivity index (χ0n) is 11.1. The molecule has 0 aliphatic carbocycles. The summed E-state index contributed by atoms with van der Waals surface area (Å²) in [4.78, 5) is 0. The third-order valence-corrected chi connectivity index (χ3v) is 3.34. The van der Waals surface area contributed by atoms with Crippen LogP contribution < -0.4 is 0 Å². The van der Waals surface area contributed by atoms with Crippen LogP contribution in [0.1, 0.15) is 26.3 Å². The average molecular weight is 281 g/mol. The molecule has 2 aromatic rings. The Hall–Kier alpha value is -1.41. The Morgan fingerprint density at radius 2 is 1.63 bits per heavy atom. The lowest BCUT2D eigenvalue weighted by molar-refractivity contribution is 0.525. The maximum absolute atomic E-state index is 14.6. The van der Waals surface area contributed by atoms with Crippen molar-refractivity contribution < 1.29 is 8.78 Å². The summed E-state index contributed by atoms with van der Waals surface area (Å²) in [7, 11) is 0. The van der Waals surface area contributed by atoms with E-state index in [0.29, 0.717) is 16.7 Å². The SMILES string of the molecule is CC(C)(C)c1cccc(-c2ccc(F)cc2Cl)c1F. The van der Waals surface area contributed by atoms with Gasteiger partial charge in [-0.15, -0.1) is 0 Å². The summed E-state index contributed by atoms with van der Waals surface area (Å²) in [5, 5.41) is 0.213. The zero-order valence-corrected chi connectivity index (χ0v) is 11.9. The van der Waals surface area contributed by atoms with Gasteiger partial charge in [0.25, 0.3) is 0 Å². The fourth-order valence-corrected chi connectivity index (χ4v) is 2.30. The maximum Gasteiger partial charge on any atom is 0.134 e. The van der Waals surface area contributed by atoms with E-state index < -0.39 is 5.82 Å². The number of rotatable bonds is 1. The number of hydrogen-bond donors (Lipinski definition) is 0. The van der Waals surface area contributed by atoms with Crippen LogP contribution in [-0.2, 0) is 5.41 Å². The third-order valence-electron chi connectivity index (χ3n) is 3.03. The standard InChI is InChI=1S/C16H15ClF2/c1-16(2,3)13-6-4-5-12(15(13)19)11-8-7-10(18)9-14(11)17/h4-9H,1-3H3. The lowest BCUT2D eigenvalue weighted by Crippen LogP contribution is -2.14. The summed E-state index contributed by atoms with van der Waals surface area (Å²) in [6.07, 6.45) is 0. The summed E-state index contributed by atoms with van der Waals surface area (Å²) in [6.45, 7) is 5.84. The molecular formula is C16H15ClF2. The minimum Gasteiger partial charge on any atom is -0.207 e. The molecule has 0 fully saturated rings. The predicted octanol–water partition coefficient (Wildman–Crippen LogP) is 5.58. The average Bonchev–Trinajstić information content (AvgIpc) is 2.28. The maximum atomic E-state index is 14.6. The molecule has 0 bridgehead atoms. The van der Waals surface area contributed by atoms with Crippen molar-refractivity contribution in [2.45, 2.75) is 26.2 Å². The van der Waals surface area contributed by atoms with Crippen LogP contribution >= 0.6 is 11.6 Å². The number of benzene rings is 2. The van der Waals surface area contributed by atoms with Crippen molar-refractivity contribution in [3.05, 3.63) is 58.6 Å². The first-order chi connectivity index (χ1) is 8.80. The van der Waals surface area contributed by atoms with Crippen LogP contribution in [0, 0.1) is 11.6 Å². The van der Waals surface area contributed by atoms with E-state index in [1.54, 1.807) is 18.2 Å². The molecular weight excluding hydrogens is 266 g/mol. The minimum absolute atomic E-state index is 0.213. The molecule has 0 saturated heterocycles. The molecule has 3 heteroatoms. The summed E-state index contributed by atoms with van der Waals surface area (Å²) < 4.78 is 27.6. The Kier molecular flexibility index (Phi) is 3.64. The van der Waals surface area contributed by atoms with Crippen molar-refractivity contribution in [2.75, 3.05) is 0 Å². The minimum atomic E-state index is -0.430. The van der Waals surface area contributed by atoms with Gasteiger partial charge in [0.15, 0.2) is 0 Å². The van der Waals surface area contributed by atoms with Crippen LogP contribution in [0.2, 0.25) is 5.02 Å². The van der Waals surface area contributed by atoms with Crippen LogP contribution in [0.15, 0.2) is 36.4 Å². The van der Waals surface area contributed by atoms with Gasteiger partial charge in [-0.2, -0.15) is 0 Å². The summed E-state index contributed by atoms with van der Waals surface area (Å²) >= 11 is 6.00. The highest BCUT2D eigenvalue weighted by Crippen LogP contribution is 2.35. The van der Waals surface area contributed by atoms with Crippen molar-refractivity contribution in [3.8, 4) is 11.1 Å². The van der Waals surface area contributed by atoms with E-state index in [9.17, 15) is 8.78 Å². The van der Waals surface area contributed by atoms with Gasteiger partial charge in [0.05, 0.1) is 5.02 Å². The van der Waals surface area contributed by atoms with Gasteiger partial charge in [-0.25, -0.2) is 8.78 Å². The lowest BCUT2D eigenvalue weighted by Gasteiger charge is -2.21. The second-order valence-corrected chi connectivity index (χ2v) is 5.95. The molecule has 0 aliphatic heterocycles. The highest BCUT2D eigenvalue weighted by Gasteiger charge is 2.21. The Bertz CT molecular complexity index is 613. The van der Waals surface area contributed by atoms with E-state index in [2.05, 4.69) is 0 Å². The van der Waals surface area contributed by atoms with Gasteiger partial charge < -0.3 is 0 Å². The molecule has 0 aliphatic rings. The van der Waals surface area contributed by atoms with Crippen LogP contribution in [0.5, 0.6) is 0 Å². The Morgan fingerprint density at radius 3 is 2.21 bits per heavy atom. The second-order valence-electron chi connectivity index (χ2n) is 5.54. The Labute approximate surface area is 117 Å². The quantitative estimate of drug-likeness (QED) is 0.639. The summed E-state index contributed by atoms with van der Waals surface area (Å²) in [6, 6.07) is 9.19. The molecule has 0 spiro atoms. The summed E-state index contributed by atoms with van der Waals surface area (Å²) in [5.74, 6) is -0.732. The van der Waals surface area contributed by atoms with Gasteiger partial charge >= 0.3 is 0 Å². The first kappa shape index (κ1) is 14.0. The molecule has 0 nitrogen and oxygen atoms in total. The fraction of sp³-hybridized carbons (Fsp3) is 0.250. The third kappa shape index (κ3) is 2.79. The van der Waals surface area contributed by atoms with Crippen molar-refractivity contribution in [3.63, 3.8) is 0 Å². The molecule has 0 atom stereocenters. The normalized spacial score (nSPS) is 11.7. The van der Waals surface area contributed by atoms with Crippen LogP contribution in [0.3, 0.4) is 0 Å². The van der Waals surface area contributed by atoms with Crippen molar-refractivity contribution in [1.82, 2.24) is 0 Å². The highest BCUT2D eigenvalue weighted by molar-refractivity contribution is 6.33. The molecule has 2 rings (SSSR count). The fourth-order valence-electron chi connectivity index (χ4n) is 2.03. The van der Waals surface area contributed by atoms with Crippen molar-refractivity contribution in [2.24, 2.45) is 0 Å². The molecule has 0 heterocycles. The molecule has 100 valence electrons. The largest absolute Gasteiger partial charge is 0.207 e. The predicted molar refractivity (Wildman–Crippen MR) is 75.5 cm³/mol. The smallest absolute Gasteiger partial charge is 0.134 e. The molecule has 0 saturated carbocycles. The first-order valence-electron chi connectivity index (χ1n) is 6.05. The second kappa shape index (κ2) is 4.93. The van der Waals surface area contributed by atoms with E-state index in [1.807, 2.05) is 20.8 Å². The van der Waals surface area contributed by atoms with Crippen LogP contribution in [0.4, 0.5) is 8.78 Å². The topological polar surface area (TPSA) is 0 Å². The molecule has 19 heavy (non-hydrogen) atoms. The summed E-state index contributed by atoms with van der Waals surface area (Å²) in [5.41, 5.74) is 1.22. The molecule has 2 aromatic carbocycles. The van der Waals surface area contributed by atoms with Crippen LogP contribution in [-0.4, -0.2) is 0 Å². The van der Waals surface area contributed by atoms with E-state index in [-0.39, 0.29) is 16.3 Å². The van der Waals surface area contributed by atoms with Gasteiger partial charge in [-0.3, -0.25) is 0 Å². The van der Waals surface area contributed by atoms with Gasteiger partial charge in [0.1, 0.15) is 11.6 Å². The zero-order chi connectivity index (χ0) is 14.2. The molecule has 0 N–H and O–H groups in total. The highest BCUT2D eigenvalue weighted by atomic mass is 35.5. The van der Waals surface area contributed by atoms with Crippen molar-refractivity contribution in [1.29, 1.82) is 0 Å². The van der Waals surface area contributed by atoms with E-state index in [0.717, 1.165) is 0 Å². The van der Waals surface area contributed by atoms with Gasteiger partial charge in [-0.05, 0) is 29.2 Å². The molecule has 0 unspecified atom stereocenters. The van der Waals surface area contributed by atoms with Gasteiger partial charge in [0.2, 0.25) is 0 Å². The van der Waals surface area contributed by atoms with E-state index in [1.165, 1.54) is 18.2 Å². The van der Waals surface area contributed by atoms with E-state index in [4.69, 9.17) is 11.6 Å². The molecule has 0 aromatic heterocycles. The molecule has 0 amide bonds. The number of halogens is 3. The number of hydrogen-bond acceptors (Lipinski definition) is 0. The molecule has 0 radical (unpaired) electrons. The Morgan fingerprint density at radius 1 is 0.947 bits per heavy atom. The van der Waals surface area contributed by atoms with Gasteiger partial charge in [0, 0.05) is 11.1 Å². The lowest BCUT2D eigenvalue weighted by atomic mass is 9.85. The monoisotopic (exact) mass is 280 g/mol. The first-order valence-corrected chi connectivity index (χ1v) is 6.43.